The maximum Gasteiger partial charge on any atom is 0.349 e. The summed E-state index contributed by atoms with van der Waals surface area (Å²) in [6.45, 7) is 3.51. The van der Waals surface area contributed by atoms with Crippen molar-refractivity contribution in [3.63, 3.8) is 0 Å². The first kappa shape index (κ1) is 13.5. The van der Waals surface area contributed by atoms with Crippen molar-refractivity contribution in [3.05, 3.63) is 15.8 Å². The van der Waals surface area contributed by atoms with Gasteiger partial charge in [-0.1, -0.05) is 6.92 Å². The van der Waals surface area contributed by atoms with E-state index in [1.807, 2.05) is 6.92 Å². The van der Waals surface area contributed by atoms with E-state index < -0.39 is 12.1 Å². The van der Waals surface area contributed by atoms with Gasteiger partial charge in [0.05, 0.1) is 0 Å². The Kier molecular flexibility index (Phi) is 4.51. The van der Waals surface area contributed by atoms with Crippen molar-refractivity contribution in [2.24, 2.45) is 0 Å². The molecule has 0 radical (unpaired) electrons. The first-order valence-electron chi connectivity index (χ1n) is 5.23. The van der Waals surface area contributed by atoms with Gasteiger partial charge in [-0.2, -0.15) is 0 Å². The molecule has 0 fully saturated rings. The van der Waals surface area contributed by atoms with E-state index in [1.165, 1.54) is 18.4 Å². The molecule has 0 saturated heterocycles. The number of likely N-dealkylation sites (N-methyl/N-ethyl adjacent to an activating group) is 1. The molecule has 1 unspecified atom stereocenters. The van der Waals surface area contributed by atoms with Gasteiger partial charge in [-0.25, -0.2) is 4.79 Å². The minimum atomic E-state index is -1.03. The second-order valence-corrected chi connectivity index (χ2v) is 4.58. The molecule has 94 valence electrons. The molecule has 17 heavy (non-hydrogen) atoms. The number of carboxylic acids is 1. The van der Waals surface area contributed by atoms with E-state index in [0.717, 1.165) is 11.3 Å². The molecule has 0 aliphatic carbocycles. The lowest BCUT2D eigenvalue weighted by molar-refractivity contribution is -0.126. The maximum atomic E-state index is 11.3. The number of nitrogens with one attached hydrogen (secondary N) is 1. The molecule has 1 amide bonds. The molecular formula is C11H15NO4S. The topological polar surface area (TPSA) is 75.6 Å². The lowest BCUT2D eigenvalue weighted by atomic mass is 10.3. The molecule has 1 aromatic rings. The standard InChI is InChI=1S/C11H15NO4S/c1-4-7-5-8(9(17-7)11(14)15)16-6(2)10(13)12-3/h5-6H,4H2,1-3H3,(H,12,13)(H,14,15). The normalized spacial score (nSPS) is 11.9. The summed E-state index contributed by atoms with van der Waals surface area (Å²) in [5, 5.41) is 11.5. The number of ether oxygens (including phenoxy) is 1. The molecule has 1 aromatic heterocycles. The van der Waals surface area contributed by atoms with Crippen molar-refractivity contribution < 1.29 is 19.4 Å². The Morgan fingerprint density at radius 1 is 1.59 bits per heavy atom. The number of carbonyl (C=O) groups excluding carboxylic acids is 1. The number of thiophene rings is 1. The molecular weight excluding hydrogens is 242 g/mol. The number of aryl methyl sites for hydroxylation is 1. The summed E-state index contributed by atoms with van der Waals surface area (Å²) in [5.41, 5.74) is 0. The molecule has 0 aromatic carbocycles. The molecule has 1 atom stereocenters. The highest BCUT2D eigenvalue weighted by Gasteiger charge is 2.20. The zero-order chi connectivity index (χ0) is 13.0. The number of aromatic carboxylic acids is 1. The average molecular weight is 257 g/mol. The molecule has 1 rings (SSSR count). The minimum Gasteiger partial charge on any atom is -0.479 e. The van der Waals surface area contributed by atoms with Crippen LogP contribution in [0.15, 0.2) is 6.07 Å². The fourth-order valence-corrected chi connectivity index (χ4v) is 2.15. The first-order valence-corrected chi connectivity index (χ1v) is 6.05. The Hall–Kier alpha value is -1.56. The average Bonchev–Trinajstić information content (AvgIpc) is 2.71. The van der Waals surface area contributed by atoms with Gasteiger partial charge < -0.3 is 15.2 Å². The van der Waals surface area contributed by atoms with E-state index in [2.05, 4.69) is 5.32 Å². The van der Waals surface area contributed by atoms with Crippen LogP contribution in [0.4, 0.5) is 0 Å². The quantitative estimate of drug-likeness (QED) is 0.838. The summed E-state index contributed by atoms with van der Waals surface area (Å²) in [4.78, 5) is 23.4. The second kappa shape index (κ2) is 5.67. The van der Waals surface area contributed by atoms with Gasteiger partial charge in [0.25, 0.3) is 5.91 Å². The van der Waals surface area contributed by atoms with Crippen LogP contribution in [-0.2, 0) is 11.2 Å². The third kappa shape index (κ3) is 3.20. The third-order valence-electron chi connectivity index (χ3n) is 2.21. The van der Waals surface area contributed by atoms with E-state index in [0.29, 0.717) is 0 Å². The highest BCUT2D eigenvalue weighted by molar-refractivity contribution is 7.14. The Morgan fingerprint density at radius 2 is 2.24 bits per heavy atom. The number of carbonyl (C=O) groups is 2. The van der Waals surface area contributed by atoms with Crippen LogP contribution in [0.5, 0.6) is 5.75 Å². The highest BCUT2D eigenvalue weighted by Crippen LogP contribution is 2.30. The summed E-state index contributed by atoms with van der Waals surface area (Å²) < 4.78 is 5.36. The van der Waals surface area contributed by atoms with Crippen LogP contribution in [0, 0.1) is 0 Å². The fourth-order valence-electron chi connectivity index (χ4n) is 1.28. The van der Waals surface area contributed by atoms with Crippen molar-refractivity contribution in [1.82, 2.24) is 5.32 Å². The minimum absolute atomic E-state index is 0.137. The smallest absolute Gasteiger partial charge is 0.349 e. The number of amides is 1. The van der Waals surface area contributed by atoms with Gasteiger partial charge in [0, 0.05) is 11.9 Å². The van der Waals surface area contributed by atoms with Crippen LogP contribution in [0.25, 0.3) is 0 Å². The molecule has 6 heteroatoms. The van der Waals surface area contributed by atoms with Gasteiger partial charge >= 0.3 is 5.97 Å². The number of hydrogen-bond donors (Lipinski definition) is 2. The van der Waals surface area contributed by atoms with Crippen molar-refractivity contribution in [2.45, 2.75) is 26.4 Å². The van der Waals surface area contributed by atoms with Gasteiger partial charge in [0.1, 0.15) is 5.75 Å². The first-order chi connectivity index (χ1) is 7.99. The Morgan fingerprint density at radius 3 is 2.71 bits per heavy atom. The number of carboxylic acid groups (broad SMARTS) is 1. The van der Waals surface area contributed by atoms with Gasteiger partial charge in [0.2, 0.25) is 0 Å². The zero-order valence-electron chi connectivity index (χ0n) is 9.94. The van der Waals surface area contributed by atoms with Crippen LogP contribution in [0.3, 0.4) is 0 Å². The SMILES string of the molecule is CCc1cc(OC(C)C(=O)NC)c(C(=O)O)s1. The lowest BCUT2D eigenvalue weighted by Crippen LogP contribution is -2.33. The second-order valence-electron chi connectivity index (χ2n) is 3.44. The Labute approximate surface area is 103 Å². The molecule has 2 N–H and O–H groups in total. The van der Waals surface area contributed by atoms with Crippen LogP contribution in [-0.4, -0.2) is 30.1 Å². The monoisotopic (exact) mass is 257 g/mol. The Balaban J connectivity index is 2.93. The third-order valence-corrected chi connectivity index (χ3v) is 3.46. The summed E-state index contributed by atoms with van der Waals surface area (Å²) in [6.07, 6.45) is 0.0280. The van der Waals surface area contributed by atoms with Gasteiger partial charge in [-0.05, 0) is 19.4 Å². The van der Waals surface area contributed by atoms with E-state index in [1.54, 1.807) is 13.0 Å². The molecule has 0 bridgehead atoms. The summed E-state index contributed by atoms with van der Waals surface area (Å²) in [7, 11) is 1.51. The van der Waals surface area contributed by atoms with E-state index in [9.17, 15) is 9.59 Å². The number of hydrogen-bond acceptors (Lipinski definition) is 4. The molecule has 0 aliphatic heterocycles. The van der Waals surface area contributed by atoms with Gasteiger partial charge in [0.15, 0.2) is 11.0 Å². The number of rotatable bonds is 5. The predicted octanol–water partition coefficient (Wildman–Crippen LogP) is 1.52. The zero-order valence-corrected chi connectivity index (χ0v) is 10.8. The van der Waals surface area contributed by atoms with Crippen molar-refractivity contribution in [3.8, 4) is 5.75 Å². The van der Waals surface area contributed by atoms with E-state index in [-0.39, 0.29) is 16.5 Å². The highest BCUT2D eigenvalue weighted by atomic mass is 32.1. The summed E-state index contributed by atoms with van der Waals surface area (Å²) in [5.74, 6) is -1.06. The van der Waals surface area contributed by atoms with Gasteiger partial charge in [-0.3, -0.25) is 4.79 Å². The summed E-state index contributed by atoms with van der Waals surface area (Å²) >= 11 is 1.17. The maximum absolute atomic E-state index is 11.3. The molecule has 1 heterocycles. The van der Waals surface area contributed by atoms with Crippen LogP contribution >= 0.6 is 11.3 Å². The molecule has 0 aliphatic rings. The van der Waals surface area contributed by atoms with Crippen molar-refractivity contribution in [2.75, 3.05) is 7.05 Å². The molecule has 0 spiro atoms. The fraction of sp³-hybridized carbons (Fsp3) is 0.455. The van der Waals surface area contributed by atoms with Crippen molar-refractivity contribution >= 4 is 23.2 Å². The van der Waals surface area contributed by atoms with E-state index >= 15 is 0 Å². The van der Waals surface area contributed by atoms with E-state index in [4.69, 9.17) is 9.84 Å². The molecule has 0 saturated carbocycles. The van der Waals surface area contributed by atoms with Crippen LogP contribution < -0.4 is 10.1 Å². The van der Waals surface area contributed by atoms with Crippen molar-refractivity contribution in [1.29, 1.82) is 0 Å². The largest absolute Gasteiger partial charge is 0.479 e. The predicted molar refractivity (Wildman–Crippen MR) is 64.8 cm³/mol. The lowest BCUT2D eigenvalue weighted by Gasteiger charge is -2.12. The van der Waals surface area contributed by atoms with Gasteiger partial charge in [-0.15, -0.1) is 11.3 Å². The molecule has 5 nitrogen and oxygen atoms in total. The van der Waals surface area contributed by atoms with Crippen LogP contribution in [0.2, 0.25) is 0 Å². The Bertz CT molecular complexity index is 427. The van der Waals surface area contributed by atoms with Crippen LogP contribution in [0.1, 0.15) is 28.4 Å². The summed E-state index contributed by atoms with van der Waals surface area (Å²) in [6, 6.07) is 1.67.